The van der Waals surface area contributed by atoms with Crippen molar-refractivity contribution in [1.82, 2.24) is 0 Å². The molecule has 1 N–H and O–H groups in total. The Balaban J connectivity index is 1.65. The number of benzene rings is 3. The molecule has 0 aromatic heterocycles. The fourth-order valence-corrected chi connectivity index (χ4v) is 3.14. The smallest absolute Gasteiger partial charge is 0.338 e. The molecule has 33 heavy (non-hydrogen) atoms. The van der Waals surface area contributed by atoms with Crippen LogP contribution in [0.1, 0.15) is 46.0 Å². The van der Waals surface area contributed by atoms with Crippen molar-refractivity contribution in [2.45, 2.75) is 26.4 Å². The highest BCUT2D eigenvalue weighted by Gasteiger charge is 2.13. The summed E-state index contributed by atoms with van der Waals surface area (Å²) < 4.78 is 16.4. The van der Waals surface area contributed by atoms with Gasteiger partial charge < -0.3 is 19.5 Å². The predicted octanol–water partition coefficient (Wildman–Crippen LogP) is 6.14. The van der Waals surface area contributed by atoms with E-state index in [4.69, 9.17) is 25.8 Å². The van der Waals surface area contributed by atoms with E-state index in [0.29, 0.717) is 39.9 Å². The van der Waals surface area contributed by atoms with Crippen molar-refractivity contribution in [1.29, 1.82) is 0 Å². The Bertz CT molecular complexity index is 1080. The number of carbonyl (C=O) groups is 2. The van der Waals surface area contributed by atoms with Crippen LogP contribution in [0.2, 0.25) is 5.02 Å². The summed E-state index contributed by atoms with van der Waals surface area (Å²) in [5.74, 6) is 0.613. The molecule has 0 radical (unpaired) electrons. The molecule has 0 saturated heterocycles. The zero-order chi connectivity index (χ0) is 23.6. The lowest BCUT2D eigenvalue weighted by molar-refractivity contribution is 0.0499. The second-order valence-corrected chi connectivity index (χ2v) is 7.73. The highest BCUT2D eigenvalue weighted by Crippen LogP contribution is 2.24. The molecule has 3 aromatic carbocycles. The molecular formula is C26H26ClNO5. The zero-order valence-electron chi connectivity index (χ0n) is 18.6. The third kappa shape index (κ3) is 6.99. The van der Waals surface area contributed by atoms with Crippen molar-refractivity contribution in [2.24, 2.45) is 0 Å². The van der Waals surface area contributed by atoms with Crippen molar-refractivity contribution in [3.8, 4) is 11.5 Å². The van der Waals surface area contributed by atoms with Crippen LogP contribution >= 0.6 is 11.6 Å². The number of nitrogens with one attached hydrogen (secondary N) is 1. The molecule has 0 unspecified atom stereocenters. The molecule has 7 heteroatoms. The number of rotatable bonds is 10. The Labute approximate surface area is 198 Å². The SMILES string of the molecule is CCCCOC(=O)c1ccc(NC(=O)c2ccc(OC)c(COc3ccc(Cl)cc3)c2)cc1. The molecule has 0 fully saturated rings. The molecule has 0 saturated carbocycles. The fraction of sp³-hybridized carbons (Fsp3) is 0.231. The third-order valence-electron chi connectivity index (χ3n) is 4.86. The van der Waals surface area contributed by atoms with E-state index in [1.807, 2.05) is 6.92 Å². The summed E-state index contributed by atoms with van der Waals surface area (Å²) in [6, 6.07) is 18.8. The molecule has 3 aromatic rings. The normalized spacial score (nSPS) is 10.4. The lowest BCUT2D eigenvalue weighted by Crippen LogP contribution is -2.13. The first-order valence-corrected chi connectivity index (χ1v) is 11.0. The number of hydrogen-bond acceptors (Lipinski definition) is 5. The van der Waals surface area contributed by atoms with Crippen LogP contribution in [0.4, 0.5) is 5.69 Å². The molecule has 0 bridgehead atoms. The summed E-state index contributed by atoms with van der Waals surface area (Å²) in [5.41, 5.74) is 2.19. The molecule has 0 atom stereocenters. The molecule has 0 spiro atoms. The van der Waals surface area contributed by atoms with Gasteiger partial charge in [-0.05, 0) is 73.2 Å². The van der Waals surface area contributed by atoms with E-state index in [0.717, 1.165) is 18.4 Å². The molecule has 172 valence electrons. The van der Waals surface area contributed by atoms with Gasteiger partial charge in [-0.3, -0.25) is 4.79 Å². The van der Waals surface area contributed by atoms with Crippen molar-refractivity contribution in [3.05, 3.63) is 88.4 Å². The Morgan fingerprint density at radius 3 is 2.30 bits per heavy atom. The quantitative estimate of drug-likeness (QED) is 0.286. The molecule has 6 nitrogen and oxygen atoms in total. The second-order valence-electron chi connectivity index (χ2n) is 7.29. The summed E-state index contributed by atoms with van der Waals surface area (Å²) >= 11 is 5.91. The zero-order valence-corrected chi connectivity index (χ0v) is 19.4. The maximum absolute atomic E-state index is 12.8. The van der Waals surface area contributed by atoms with E-state index >= 15 is 0 Å². The first kappa shape index (κ1) is 24.1. The first-order valence-electron chi connectivity index (χ1n) is 10.6. The number of methoxy groups -OCH3 is 1. The minimum absolute atomic E-state index is 0.223. The van der Waals surface area contributed by atoms with Crippen LogP contribution in [0, 0.1) is 0 Å². The van der Waals surface area contributed by atoms with Gasteiger partial charge in [0.15, 0.2) is 0 Å². The van der Waals surface area contributed by atoms with Crippen LogP contribution in [-0.2, 0) is 11.3 Å². The van der Waals surface area contributed by atoms with E-state index in [1.165, 1.54) is 0 Å². The lowest BCUT2D eigenvalue weighted by atomic mass is 10.1. The van der Waals surface area contributed by atoms with Crippen molar-refractivity contribution < 1.29 is 23.8 Å². The van der Waals surface area contributed by atoms with E-state index in [1.54, 1.807) is 73.8 Å². The van der Waals surface area contributed by atoms with E-state index < -0.39 is 0 Å². The van der Waals surface area contributed by atoms with E-state index in [9.17, 15) is 9.59 Å². The van der Waals surface area contributed by atoms with Crippen LogP contribution in [0.15, 0.2) is 66.7 Å². The molecule has 0 heterocycles. The van der Waals surface area contributed by atoms with Crippen LogP contribution in [0.25, 0.3) is 0 Å². The van der Waals surface area contributed by atoms with Crippen molar-refractivity contribution in [2.75, 3.05) is 19.0 Å². The molecule has 0 aliphatic rings. The summed E-state index contributed by atoms with van der Waals surface area (Å²) in [6.45, 7) is 2.65. The van der Waals surface area contributed by atoms with Crippen LogP contribution in [0.3, 0.4) is 0 Å². The lowest BCUT2D eigenvalue weighted by Gasteiger charge is -2.13. The second kappa shape index (κ2) is 11.9. The van der Waals surface area contributed by atoms with E-state index in [-0.39, 0.29) is 18.5 Å². The van der Waals surface area contributed by atoms with Gasteiger partial charge in [0.05, 0.1) is 19.3 Å². The molecule has 0 aliphatic carbocycles. The summed E-state index contributed by atoms with van der Waals surface area (Å²) in [4.78, 5) is 24.8. The molecule has 0 aliphatic heterocycles. The highest BCUT2D eigenvalue weighted by molar-refractivity contribution is 6.30. The topological polar surface area (TPSA) is 73.9 Å². The fourth-order valence-electron chi connectivity index (χ4n) is 3.01. The number of esters is 1. The monoisotopic (exact) mass is 467 g/mol. The summed E-state index contributed by atoms with van der Waals surface area (Å²) in [5, 5.41) is 3.46. The number of amides is 1. The maximum atomic E-state index is 12.8. The van der Waals surface area contributed by atoms with Gasteiger partial charge in [0.2, 0.25) is 0 Å². The summed E-state index contributed by atoms with van der Waals surface area (Å²) in [7, 11) is 1.57. The Morgan fingerprint density at radius 2 is 1.64 bits per heavy atom. The van der Waals surface area contributed by atoms with Crippen molar-refractivity contribution >= 4 is 29.2 Å². The third-order valence-corrected chi connectivity index (χ3v) is 5.11. The Hall–Kier alpha value is -3.51. The minimum Gasteiger partial charge on any atom is -0.496 e. The molecule has 1 amide bonds. The Morgan fingerprint density at radius 1 is 0.939 bits per heavy atom. The maximum Gasteiger partial charge on any atom is 0.338 e. The van der Waals surface area contributed by atoms with Crippen molar-refractivity contribution in [3.63, 3.8) is 0 Å². The number of hydrogen-bond donors (Lipinski definition) is 1. The van der Waals surface area contributed by atoms with Gasteiger partial charge in [0.25, 0.3) is 5.91 Å². The van der Waals surface area contributed by atoms with Gasteiger partial charge in [-0.15, -0.1) is 0 Å². The first-order chi connectivity index (χ1) is 16.0. The predicted molar refractivity (Wildman–Crippen MR) is 128 cm³/mol. The number of anilines is 1. The average Bonchev–Trinajstić information content (AvgIpc) is 2.84. The molecular weight excluding hydrogens is 442 g/mol. The highest BCUT2D eigenvalue weighted by atomic mass is 35.5. The van der Waals surface area contributed by atoms with Gasteiger partial charge in [0.1, 0.15) is 18.1 Å². The number of carbonyl (C=O) groups excluding carboxylic acids is 2. The van der Waals surface area contributed by atoms with Gasteiger partial charge in [0, 0.05) is 21.8 Å². The average molecular weight is 468 g/mol. The number of unbranched alkanes of at least 4 members (excludes halogenated alkanes) is 1. The van der Waals surface area contributed by atoms with Crippen LogP contribution in [0.5, 0.6) is 11.5 Å². The number of halogens is 1. The summed E-state index contributed by atoms with van der Waals surface area (Å²) in [6.07, 6.45) is 1.78. The van der Waals surface area contributed by atoms with E-state index in [2.05, 4.69) is 5.32 Å². The molecule has 3 rings (SSSR count). The standard InChI is InChI=1S/C26H26ClNO5/c1-3-4-15-32-26(30)18-5-10-22(11-6-18)28-25(29)19-7-14-24(31-2)20(16-19)17-33-23-12-8-21(27)9-13-23/h5-14,16H,3-4,15,17H2,1-2H3,(H,28,29). The minimum atomic E-state index is -0.373. The largest absolute Gasteiger partial charge is 0.496 e. The van der Waals surface area contributed by atoms with Gasteiger partial charge in [-0.25, -0.2) is 4.79 Å². The van der Waals surface area contributed by atoms with Gasteiger partial charge >= 0.3 is 5.97 Å². The number of ether oxygens (including phenoxy) is 3. The van der Waals surface area contributed by atoms with Crippen LogP contribution < -0.4 is 14.8 Å². The Kier molecular flexibility index (Phi) is 8.72. The van der Waals surface area contributed by atoms with Gasteiger partial charge in [-0.1, -0.05) is 24.9 Å². The van der Waals surface area contributed by atoms with Gasteiger partial charge in [-0.2, -0.15) is 0 Å². The van der Waals surface area contributed by atoms with Crippen LogP contribution in [-0.4, -0.2) is 25.6 Å².